The monoisotopic (exact) mass is 2140 g/mol. The third kappa shape index (κ3) is 23.5. The summed E-state index contributed by atoms with van der Waals surface area (Å²) < 4.78 is 69.3. The lowest BCUT2D eigenvalue weighted by atomic mass is 9.39. The number of rotatable bonds is 36. The number of benzene rings is 7. The van der Waals surface area contributed by atoms with Crippen LogP contribution in [0.3, 0.4) is 0 Å². The number of imidazole rings is 2. The molecule has 148 heavy (non-hydrogen) atoms. The first-order chi connectivity index (χ1) is 70.4. The van der Waals surface area contributed by atoms with Crippen molar-refractivity contribution in [3.63, 3.8) is 0 Å². The highest BCUT2D eigenvalue weighted by Crippen LogP contribution is 2.71. The Labute approximate surface area is 883 Å². The van der Waals surface area contributed by atoms with Crippen molar-refractivity contribution >= 4 is 134 Å². The van der Waals surface area contributed by atoms with E-state index < -0.39 is 17.5 Å². The predicted molar refractivity (Wildman–Crippen MR) is 553 cm³/mol. The molecule has 10 bridgehead atoms. The fourth-order valence-corrected chi connectivity index (χ4v) is 24.0. The van der Waals surface area contributed by atoms with Gasteiger partial charge in [-0.1, -0.05) is 118 Å². The van der Waals surface area contributed by atoms with E-state index in [1.54, 1.807) is 60.3 Å². The second-order valence-electron chi connectivity index (χ2n) is 42.0. The van der Waals surface area contributed by atoms with Gasteiger partial charge in [0, 0.05) is 104 Å². The Morgan fingerprint density at radius 3 is 1.17 bits per heavy atom. The van der Waals surface area contributed by atoms with Gasteiger partial charge >= 0.3 is 0 Å². The minimum Gasteiger partial charge on any atom is -0.484 e. The maximum atomic E-state index is 13.4. The van der Waals surface area contributed by atoms with E-state index in [1.165, 1.54) is 52.4 Å². The zero-order valence-corrected chi connectivity index (χ0v) is 87.6. The number of pyridine rings is 1. The first-order valence-electron chi connectivity index (χ1n) is 49.0. The fraction of sp³-hybridized carbons (Fsp3) is 0.400. The highest BCUT2D eigenvalue weighted by atomic mass is 35.5. The fourth-order valence-electron chi connectivity index (χ4n) is 22.6. The first kappa shape index (κ1) is 106. The molecule has 0 aliphatic heterocycles. The molecule has 10 amide bonds. The lowest BCUT2D eigenvalue weighted by molar-refractivity contribution is -0.184. The van der Waals surface area contributed by atoms with E-state index in [1.807, 2.05) is 114 Å². The minimum atomic E-state index is -0.596. The Kier molecular flexibility index (Phi) is 30.9. The molecule has 11 N–H and O–H groups in total. The van der Waals surface area contributed by atoms with Gasteiger partial charge in [-0.05, 0) is 281 Å². The molecular weight excluding hydrogens is 2020 g/mol. The van der Waals surface area contributed by atoms with E-state index in [0.717, 1.165) is 80.7 Å². The summed E-state index contributed by atoms with van der Waals surface area (Å²) in [6, 6.07) is 44.8. The van der Waals surface area contributed by atoms with Crippen molar-refractivity contribution in [3.05, 3.63) is 291 Å². The van der Waals surface area contributed by atoms with Crippen LogP contribution < -0.4 is 76.9 Å². The SMILES string of the molecule is Cc1cc(OCC(=O)NC23CC(C(=O)NCCc4cnc[nH]4)(C2)C3)ccc1Cl.Cc1cc(OCC(=O)NC23CC(C(=O)NCc4nc5ccccn5c4C)(C2)C3)ccc1Cl.Cc1ccc(C)c(CNC(=O)C23CC(NC(=O)COc4ccc(Cl)c(F)c4)(C2)C3)c1.Cc1cccc([C@@H](C)NC(=O)C23CC(NC(=O)COc4ccc(Cl)c(F)c4)(C2)C3)c1.Cc1ccsc1CNC(=O)C12CC(NC(=O)COc3ccc(Cl)c(F)c3)(C1)C2. The summed E-state index contributed by atoms with van der Waals surface area (Å²) >= 11 is 30.5. The Morgan fingerprint density at radius 1 is 0.405 bits per heavy atom. The van der Waals surface area contributed by atoms with Gasteiger partial charge in [-0.25, -0.2) is 23.1 Å². The number of aryl methyl sites for hydroxylation is 7. The standard InChI is InChI=1S/C24H25ClN4O3.2C23H24ClFN2O3.C20H20ClFN2O3S.C20H23ClN4O3/c1-15-9-17(6-7-18(15)25)32-11-21(30)28-24-12-23(13-24,14-24)22(31)26-10-19-16(2)29-8-4-3-5-20(29)27-19;1-14-3-4-15(2)16(7-14)9-26-21(29)22-11-23(12-22,13-22)27-20(28)10-30-17-5-6-18(24)19(25)8-17;1-14-4-3-5-16(8-14)15(2)26-21(29)22-11-23(12-22,13-22)27-20(28)10-30-17-6-7-18(24)19(25)9-17;1-12-4-5-28-16(12)7-23-18(26)19-9-20(10-19,11-19)24-17(25)8-27-13-2-3-14(21)15(22)6-13;1-13-6-15(2-3-16(13)21)28-8-17(26)25-20-9-19(10-20,11-20)18(27)23-5-4-14-7-22-12-24-14/h3-9H,10-14H2,1-2H3,(H,26,31)(H,28,30);3-8H,9-13H2,1-2H3,(H,26,29)(H,27,28);3-9,15H,10-13H2,1-2H3,(H,26,29)(H,27,28);2-6H,7-11H2,1H3,(H,23,26)(H,24,25);2-3,6-7,12H,4-5,8-11H2,1H3,(H,22,24)(H,23,27)(H,25,26)/t;;15-,22?,23?;;/m..1../s1. The predicted octanol–water partition coefficient (Wildman–Crippen LogP) is 17.0. The highest BCUT2D eigenvalue weighted by molar-refractivity contribution is 7.10. The number of nitrogens with one attached hydrogen (secondary N) is 11. The van der Waals surface area contributed by atoms with Crippen molar-refractivity contribution in [2.24, 2.45) is 27.1 Å². The van der Waals surface area contributed by atoms with Gasteiger partial charge in [-0.2, -0.15) is 0 Å². The molecule has 0 spiro atoms. The molecule has 11 aromatic rings. The first-order valence-corrected chi connectivity index (χ1v) is 51.7. The number of aromatic amines is 1. The number of thiophene rings is 1. The van der Waals surface area contributed by atoms with E-state index in [9.17, 15) is 61.1 Å². The number of fused-ring (bicyclic) bond motifs is 1. The van der Waals surface area contributed by atoms with Crippen LogP contribution in [0.25, 0.3) is 5.65 Å². The van der Waals surface area contributed by atoms with Crippen molar-refractivity contribution in [1.82, 2.24) is 72.5 Å². The summed E-state index contributed by atoms with van der Waals surface area (Å²) in [5.74, 6) is -0.750. The van der Waals surface area contributed by atoms with Crippen LogP contribution >= 0.6 is 69.3 Å². The topological polar surface area (TPSA) is 383 Å². The number of aromatic nitrogens is 4. The van der Waals surface area contributed by atoms with Crippen molar-refractivity contribution in [2.75, 3.05) is 39.6 Å². The van der Waals surface area contributed by atoms with Crippen molar-refractivity contribution in [3.8, 4) is 28.7 Å². The number of H-pyrrole nitrogens is 1. The summed E-state index contributed by atoms with van der Waals surface area (Å²) in [6.45, 7) is 17.2. The largest absolute Gasteiger partial charge is 0.484 e. The van der Waals surface area contributed by atoms with Gasteiger partial charge in [0.15, 0.2) is 33.0 Å². The number of ether oxygens (including phenoxy) is 5. The number of nitrogens with zero attached hydrogens (tertiary/aromatic N) is 3. The van der Waals surface area contributed by atoms with Gasteiger partial charge in [0.25, 0.3) is 29.5 Å². The number of carbonyl (C=O) groups is 10. The number of hydrogen-bond donors (Lipinski definition) is 11. The number of hydrogen-bond acceptors (Lipinski definition) is 18. The van der Waals surface area contributed by atoms with Gasteiger partial charge in [0.05, 0.1) is 73.3 Å². The molecule has 29 nitrogen and oxygen atoms in total. The third-order valence-corrected chi connectivity index (χ3v) is 32.9. The quantitative estimate of drug-likeness (QED) is 0.0174. The molecule has 1 atom stereocenters. The summed E-state index contributed by atoms with van der Waals surface area (Å²) in [4.78, 5) is 137. The molecule has 0 unspecified atom stereocenters. The van der Waals surface area contributed by atoms with E-state index in [-0.39, 0.29) is 185 Å². The Hall–Kier alpha value is -12.9. The Morgan fingerprint density at radius 2 is 0.791 bits per heavy atom. The molecule has 15 aliphatic carbocycles. The molecular formula is C110H116Cl5F3N14O15S. The molecule has 778 valence electrons. The number of amides is 10. The molecule has 15 saturated carbocycles. The van der Waals surface area contributed by atoms with Gasteiger partial charge in [0.2, 0.25) is 29.5 Å². The molecule has 0 radical (unpaired) electrons. The normalized spacial score (nSPS) is 24.2. The van der Waals surface area contributed by atoms with Gasteiger partial charge in [-0.15, -0.1) is 11.3 Å². The van der Waals surface area contributed by atoms with Gasteiger partial charge in [-0.3, -0.25) is 47.9 Å². The van der Waals surface area contributed by atoms with Crippen LogP contribution in [0.1, 0.15) is 176 Å². The Bertz CT molecular complexity index is 6900. The molecule has 38 heteroatoms. The molecule has 4 heterocycles. The lowest BCUT2D eigenvalue weighted by Gasteiger charge is -2.69. The second-order valence-corrected chi connectivity index (χ2v) is 45.0. The van der Waals surface area contributed by atoms with Crippen LogP contribution in [0.4, 0.5) is 13.2 Å². The molecule has 15 fully saturated rings. The van der Waals surface area contributed by atoms with Gasteiger partial charge in [0.1, 0.15) is 51.8 Å². The molecule has 0 saturated heterocycles. The third-order valence-electron chi connectivity index (χ3n) is 30.1. The van der Waals surface area contributed by atoms with E-state index in [0.29, 0.717) is 144 Å². The number of carbonyl (C=O) groups excluding carboxylic acids is 10. The molecule has 4 aromatic heterocycles. The average Bonchev–Trinajstić information content (AvgIpc) is 0.906. The Balaban J connectivity index is 0.000000126. The van der Waals surface area contributed by atoms with Crippen LogP contribution in [0.2, 0.25) is 25.1 Å². The van der Waals surface area contributed by atoms with Crippen molar-refractivity contribution in [2.45, 2.75) is 211 Å². The minimum absolute atomic E-state index is 0.000889. The van der Waals surface area contributed by atoms with Crippen molar-refractivity contribution < 1.29 is 84.8 Å². The summed E-state index contributed by atoms with van der Waals surface area (Å²) in [6.07, 6.45) is 15.9. The zero-order valence-electron chi connectivity index (χ0n) is 83.0. The van der Waals surface area contributed by atoms with E-state index in [4.69, 9.17) is 81.7 Å². The average molecular weight is 2140 g/mol. The second kappa shape index (κ2) is 43.0. The number of halogens is 8. The molecule has 7 aromatic carbocycles. The van der Waals surface area contributed by atoms with Crippen LogP contribution in [0.15, 0.2) is 182 Å². The summed E-state index contributed by atoms with van der Waals surface area (Å²) in [5.41, 5.74) is 9.20. The van der Waals surface area contributed by atoms with Crippen LogP contribution in [0.5, 0.6) is 28.7 Å². The van der Waals surface area contributed by atoms with Crippen molar-refractivity contribution in [1.29, 1.82) is 0 Å². The van der Waals surface area contributed by atoms with E-state index >= 15 is 0 Å². The maximum absolute atomic E-state index is 13.4. The summed E-state index contributed by atoms with van der Waals surface area (Å²) in [7, 11) is 0. The van der Waals surface area contributed by atoms with E-state index in [2.05, 4.69) is 92.4 Å². The van der Waals surface area contributed by atoms with Crippen LogP contribution in [0, 0.1) is 93.0 Å². The molecule has 15 aliphatic rings. The van der Waals surface area contributed by atoms with Crippen LogP contribution in [-0.4, -0.2) is 146 Å². The zero-order chi connectivity index (χ0) is 105. The maximum Gasteiger partial charge on any atom is 0.258 e. The smallest absolute Gasteiger partial charge is 0.258 e. The summed E-state index contributed by atoms with van der Waals surface area (Å²) in [5, 5.41) is 33.5. The highest BCUT2D eigenvalue weighted by Gasteiger charge is 2.76. The lowest BCUT2D eigenvalue weighted by Crippen LogP contribution is -2.78. The van der Waals surface area contributed by atoms with Crippen LogP contribution in [-0.2, 0) is 74.0 Å². The van der Waals surface area contributed by atoms with Gasteiger partial charge < -0.3 is 86.2 Å². The molecule has 26 rings (SSSR count).